The summed E-state index contributed by atoms with van der Waals surface area (Å²) >= 11 is 0. The van der Waals surface area contributed by atoms with Crippen molar-refractivity contribution in [2.45, 2.75) is 6.92 Å². The Hall–Kier alpha value is -2.71. The summed E-state index contributed by atoms with van der Waals surface area (Å²) in [6, 6.07) is 1.41. The second-order valence-electron chi connectivity index (χ2n) is 4.07. The summed E-state index contributed by atoms with van der Waals surface area (Å²) in [5.41, 5.74) is -1.64. The lowest BCUT2D eigenvalue weighted by Crippen LogP contribution is -2.36. The predicted octanol–water partition coefficient (Wildman–Crippen LogP) is 1.00. The van der Waals surface area contributed by atoms with Gasteiger partial charge >= 0.3 is 5.97 Å². The first-order chi connectivity index (χ1) is 9.81. The molecule has 0 saturated carbocycles. The first kappa shape index (κ1) is 16.3. The number of carbonyl (C=O) groups excluding carboxylic acids is 1. The average molecular weight is 299 g/mol. The van der Waals surface area contributed by atoms with E-state index in [0.29, 0.717) is 6.07 Å². The summed E-state index contributed by atoms with van der Waals surface area (Å²) in [4.78, 5) is 33.5. The average Bonchev–Trinajstić information content (AvgIpc) is 2.43. The molecule has 1 aromatic carbocycles. The Bertz CT molecular complexity index is 591. The summed E-state index contributed by atoms with van der Waals surface area (Å²) in [5.74, 6) is -2.90. The highest BCUT2D eigenvalue weighted by molar-refractivity contribution is 5.94. The zero-order valence-corrected chi connectivity index (χ0v) is 11.4. The topological polar surface area (TPSA) is 113 Å². The van der Waals surface area contributed by atoms with Crippen LogP contribution in [0.15, 0.2) is 12.1 Å². The van der Waals surface area contributed by atoms with E-state index in [1.165, 1.54) is 11.9 Å². The van der Waals surface area contributed by atoms with E-state index in [9.17, 15) is 24.1 Å². The highest BCUT2D eigenvalue weighted by Gasteiger charge is 2.25. The molecule has 114 valence electrons. The van der Waals surface area contributed by atoms with Crippen LogP contribution < -0.4 is 10.2 Å². The van der Waals surface area contributed by atoms with Gasteiger partial charge in [-0.1, -0.05) is 0 Å². The van der Waals surface area contributed by atoms with Gasteiger partial charge in [-0.2, -0.15) is 0 Å². The SMILES string of the molecule is CCN(CC(=O)NC)c1cc(C(=O)O)c([N+](=O)[O-])cc1F. The number of hydrogen-bond acceptors (Lipinski definition) is 5. The van der Waals surface area contributed by atoms with Crippen LogP contribution in [0.4, 0.5) is 15.8 Å². The molecule has 1 rings (SSSR count). The summed E-state index contributed by atoms with van der Waals surface area (Å²) in [7, 11) is 1.41. The Morgan fingerprint density at radius 1 is 1.48 bits per heavy atom. The third-order valence-corrected chi connectivity index (χ3v) is 2.83. The van der Waals surface area contributed by atoms with Gasteiger partial charge in [-0.05, 0) is 13.0 Å². The molecular formula is C12H14FN3O5. The van der Waals surface area contributed by atoms with Crippen molar-refractivity contribution in [1.29, 1.82) is 0 Å². The molecule has 1 amide bonds. The van der Waals surface area contributed by atoms with E-state index >= 15 is 0 Å². The quantitative estimate of drug-likeness (QED) is 0.598. The number of nitrogens with one attached hydrogen (secondary N) is 1. The van der Waals surface area contributed by atoms with Gasteiger partial charge in [-0.3, -0.25) is 14.9 Å². The second-order valence-corrected chi connectivity index (χ2v) is 4.07. The number of nitro benzene ring substituents is 1. The van der Waals surface area contributed by atoms with Gasteiger partial charge in [-0.25, -0.2) is 9.18 Å². The molecule has 0 fully saturated rings. The van der Waals surface area contributed by atoms with E-state index in [4.69, 9.17) is 5.11 Å². The fourth-order valence-corrected chi connectivity index (χ4v) is 1.74. The summed E-state index contributed by atoms with van der Waals surface area (Å²) in [6.07, 6.45) is 0. The van der Waals surface area contributed by atoms with Gasteiger partial charge in [-0.15, -0.1) is 0 Å². The van der Waals surface area contributed by atoms with E-state index in [2.05, 4.69) is 5.32 Å². The van der Waals surface area contributed by atoms with Crippen LogP contribution in [0.2, 0.25) is 0 Å². The number of likely N-dealkylation sites (N-methyl/N-ethyl adjacent to an activating group) is 2. The van der Waals surface area contributed by atoms with Crippen molar-refractivity contribution in [3.05, 3.63) is 33.6 Å². The van der Waals surface area contributed by atoms with Crippen molar-refractivity contribution in [3.8, 4) is 0 Å². The largest absolute Gasteiger partial charge is 0.477 e. The Morgan fingerprint density at radius 3 is 2.52 bits per heavy atom. The molecule has 9 heteroatoms. The fraction of sp³-hybridized carbons (Fsp3) is 0.333. The van der Waals surface area contributed by atoms with Crippen LogP contribution >= 0.6 is 0 Å². The van der Waals surface area contributed by atoms with Crippen LogP contribution in [0.3, 0.4) is 0 Å². The van der Waals surface area contributed by atoms with Gasteiger partial charge < -0.3 is 15.3 Å². The molecule has 21 heavy (non-hydrogen) atoms. The van der Waals surface area contributed by atoms with Crippen LogP contribution in [-0.4, -0.2) is 42.0 Å². The molecule has 1 aromatic rings. The maximum absolute atomic E-state index is 14.0. The molecule has 0 aliphatic carbocycles. The molecule has 8 nitrogen and oxygen atoms in total. The number of halogens is 1. The summed E-state index contributed by atoms with van der Waals surface area (Å²) in [5, 5.41) is 22.1. The first-order valence-electron chi connectivity index (χ1n) is 5.98. The van der Waals surface area contributed by atoms with Crippen LogP contribution in [0, 0.1) is 15.9 Å². The van der Waals surface area contributed by atoms with Crippen molar-refractivity contribution < 1.29 is 24.0 Å². The lowest BCUT2D eigenvalue weighted by Gasteiger charge is -2.22. The van der Waals surface area contributed by atoms with Gasteiger partial charge in [0.1, 0.15) is 5.56 Å². The smallest absolute Gasteiger partial charge is 0.342 e. The molecule has 0 aliphatic rings. The van der Waals surface area contributed by atoms with Crippen LogP contribution in [0.1, 0.15) is 17.3 Å². The van der Waals surface area contributed by atoms with E-state index in [1.54, 1.807) is 6.92 Å². The van der Waals surface area contributed by atoms with Gasteiger partial charge in [0.05, 0.1) is 23.2 Å². The Kier molecular flexibility index (Phi) is 5.17. The Labute approximate surface area is 119 Å². The molecule has 0 aromatic heterocycles. The Balaban J connectivity index is 3.35. The van der Waals surface area contributed by atoms with Crippen molar-refractivity contribution in [2.24, 2.45) is 0 Å². The van der Waals surface area contributed by atoms with Crippen molar-refractivity contribution in [3.63, 3.8) is 0 Å². The van der Waals surface area contributed by atoms with Gasteiger partial charge in [0.15, 0.2) is 5.82 Å². The maximum atomic E-state index is 14.0. The molecule has 0 aliphatic heterocycles. The zero-order chi connectivity index (χ0) is 16.2. The molecule has 0 atom stereocenters. The summed E-state index contributed by atoms with van der Waals surface area (Å²) < 4.78 is 14.0. The standard InChI is InChI=1S/C12H14FN3O5/c1-3-15(6-11(17)14-2)10-4-7(12(18)19)9(16(20)21)5-8(10)13/h4-5H,3,6H2,1-2H3,(H,14,17)(H,18,19). The number of carboxylic acids is 1. The third-order valence-electron chi connectivity index (χ3n) is 2.83. The number of rotatable bonds is 6. The van der Waals surface area contributed by atoms with E-state index in [1.807, 2.05) is 0 Å². The minimum Gasteiger partial charge on any atom is -0.477 e. The number of hydrogen-bond donors (Lipinski definition) is 2. The zero-order valence-electron chi connectivity index (χ0n) is 11.4. The van der Waals surface area contributed by atoms with E-state index < -0.39 is 33.9 Å². The molecule has 2 N–H and O–H groups in total. The van der Waals surface area contributed by atoms with Crippen molar-refractivity contribution in [1.82, 2.24) is 5.32 Å². The van der Waals surface area contributed by atoms with E-state index in [0.717, 1.165) is 6.07 Å². The number of aromatic carboxylic acids is 1. The molecule has 0 saturated heterocycles. The number of benzene rings is 1. The predicted molar refractivity (Wildman–Crippen MR) is 72.0 cm³/mol. The molecule has 0 radical (unpaired) electrons. The molecule has 0 heterocycles. The van der Waals surface area contributed by atoms with Gasteiger partial charge in [0.25, 0.3) is 5.69 Å². The second kappa shape index (κ2) is 6.64. The monoisotopic (exact) mass is 299 g/mol. The highest BCUT2D eigenvalue weighted by Crippen LogP contribution is 2.28. The van der Waals surface area contributed by atoms with Crippen LogP contribution in [0.25, 0.3) is 0 Å². The normalized spacial score (nSPS) is 10.0. The number of amides is 1. The lowest BCUT2D eigenvalue weighted by atomic mass is 10.1. The minimum absolute atomic E-state index is 0.177. The summed E-state index contributed by atoms with van der Waals surface area (Å²) in [6.45, 7) is 1.67. The number of nitrogens with zero attached hydrogens (tertiary/aromatic N) is 2. The molecule has 0 unspecified atom stereocenters. The molecule has 0 spiro atoms. The molecular weight excluding hydrogens is 285 g/mol. The number of carbonyl (C=O) groups is 2. The van der Waals surface area contributed by atoms with E-state index in [-0.39, 0.29) is 18.8 Å². The van der Waals surface area contributed by atoms with Gasteiger partial charge in [0, 0.05) is 13.6 Å². The van der Waals surface area contributed by atoms with Gasteiger partial charge in [0.2, 0.25) is 5.91 Å². The lowest BCUT2D eigenvalue weighted by molar-refractivity contribution is -0.385. The molecule has 0 bridgehead atoms. The van der Waals surface area contributed by atoms with Crippen LogP contribution in [-0.2, 0) is 4.79 Å². The first-order valence-corrected chi connectivity index (χ1v) is 5.98. The number of anilines is 1. The highest BCUT2D eigenvalue weighted by atomic mass is 19.1. The van der Waals surface area contributed by atoms with Crippen molar-refractivity contribution >= 4 is 23.3 Å². The Morgan fingerprint density at radius 2 is 2.10 bits per heavy atom. The fourth-order valence-electron chi connectivity index (χ4n) is 1.74. The number of nitro groups is 1. The third kappa shape index (κ3) is 3.65. The van der Waals surface area contributed by atoms with Crippen LogP contribution in [0.5, 0.6) is 0 Å². The number of carboxylic acid groups (broad SMARTS) is 1. The minimum atomic E-state index is -1.54. The maximum Gasteiger partial charge on any atom is 0.342 e. The van der Waals surface area contributed by atoms with Crippen molar-refractivity contribution in [2.75, 3.05) is 25.0 Å².